The minimum Gasteiger partial charge on any atom is -0.371 e. The number of benzene rings is 1. The van der Waals surface area contributed by atoms with Crippen LogP contribution < -0.4 is 4.90 Å². The number of ether oxygens (including phenoxy) is 1. The second-order valence-electron chi connectivity index (χ2n) is 11.2. The lowest BCUT2D eigenvalue weighted by molar-refractivity contribution is -0.139. The van der Waals surface area contributed by atoms with Crippen molar-refractivity contribution in [1.82, 2.24) is 19.4 Å². The van der Waals surface area contributed by atoms with E-state index in [2.05, 4.69) is 14.5 Å². The molecule has 216 valence electrons. The maximum Gasteiger partial charge on any atom is 0.295 e. The number of likely N-dealkylation sites (N-methyl/N-ethyl adjacent to an activating group) is 1. The summed E-state index contributed by atoms with van der Waals surface area (Å²) in [7, 11) is 1.84. The van der Waals surface area contributed by atoms with E-state index in [1.807, 2.05) is 70.4 Å². The molecule has 0 spiro atoms. The molecule has 1 saturated heterocycles. The Labute approximate surface area is 241 Å². The van der Waals surface area contributed by atoms with Crippen LogP contribution in [0.15, 0.2) is 55.0 Å². The first kappa shape index (κ1) is 28.5. The van der Waals surface area contributed by atoms with E-state index in [9.17, 15) is 14.4 Å². The highest BCUT2D eigenvalue weighted by molar-refractivity contribution is 6.43. The average Bonchev–Trinajstić information content (AvgIpc) is 3.46. The number of nitrogens with zero attached hydrogens (tertiary/aromatic N) is 5. The van der Waals surface area contributed by atoms with Gasteiger partial charge in [0.1, 0.15) is 6.61 Å². The lowest BCUT2D eigenvalue weighted by Crippen LogP contribution is -2.48. The van der Waals surface area contributed by atoms with E-state index in [0.29, 0.717) is 18.7 Å². The van der Waals surface area contributed by atoms with E-state index in [1.165, 1.54) is 0 Å². The van der Waals surface area contributed by atoms with Crippen molar-refractivity contribution in [2.45, 2.75) is 52.2 Å². The molecule has 0 saturated carbocycles. The van der Waals surface area contributed by atoms with Gasteiger partial charge in [0, 0.05) is 74.8 Å². The number of ketones is 1. The SMILES string of the molecule is Cc1cc(C)c(C(=O)C(=O)N2CCn3cccc3C2COCC(=O)N(C)C2CCN(c3ccncc3)CC2)c(C)c1. The number of fused-ring (bicyclic) bond motifs is 1. The van der Waals surface area contributed by atoms with Crippen molar-refractivity contribution in [3.8, 4) is 0 Å². The molecule has 2 aliphatic heterocycles. The molecule has 5 rings (SSSR count). The Hall–Kier alpha value is -3.98. The number of rotatable bonds is 8. The van der Waals surface area contributed by atoms with Gasteiger partial charge < -0.3 is 24.0 Å². The molecule has 0 aliphatic carbocycles. The summed E-state index contributed by atoms with van der Waals surface area (Å²) in [6, 6.07) is 11.5. The van der Waals surface area contributed by atoms with Gasteiger partial charge in [0.2, 0.25) is 5.91 Å². The Morgan fingerprint density at radius 1 is 0.976 bits per heavy atom. The largest absolute Gasteiger partial charge is 0.371 e. The molecule has 1 unspecified atom stereocenters. The van der Waals surface area contributed by atoms with Crippen LogP contribution >= 0.6 is 0 Å². The maximum absolute atomic E-state index is 13.6. The number of anilines is 1. The summed E-state index contributed by atoms with van der Waals surface area (Å²) in [4.78, 5) is 49.9. The summed E-state index contributed by atoms with van der Waals surface area (Å²) in [5.41, 5.74) is 5.17. The zero-order valence-electron chi connectivity index (χ0n) is 24.4. The second-order valence-corrected chi connectivity index (χ2v) is 11.2. The topological polar surface area (TPSA) is 88.0 Å². The van der Waals surface area contributed by atoms with E-state index in [4.69, 9.17) is 4.74 Å². The molecular formula is C32H39N5O4. The quantitative estimate of drug-likeness (QED) is 0.310. The van der Waals surface area contributed by atoms with E-state index in [1.54, 1.807) is 22.2 Å². The van der Waals surface area contributed by atoms with Gasteiger partial charge >= 0.3 is 0 Å². The van der Waals surface area contributed by atoms with E-state index >= 15 is 0 Å². The Morgan fingerprint density at radius 2 is 1.66 bits per heavy atom. The highest BCUT2D eigenvalue weighted by Crippen LogP contribution is 2.28. The second kappa shape index (κ2) is 12.3. The molecule has 3 aromatic rings. The number of carbonyl (C=O) groups excluding carboxylic acids is 3. The molecule has 1 aromatic carbocycles. The van der Waals surface area contributed by atoms with Crippen molar-refractivity contribution in [3.63, 3.8) is 0 Å². The van der Waals surface area contributed by atoms with Crippen LogP contribution in [-0.4, -0.2) is 82.9 Å². The fourth-order valence-corrected chi connectivity index (χ4v) is 6.29. The van der Waals surface area contributed by atoms with Gasteiger partial charge in [-0.05, 0) is 69.0 Å². The minimum absolute atomic E-state index is 0.0789. The van der Waals surface area contributed by atoms with Crippen molar-refractivity contribution in [2.75, 3.05) is 44.8 Å². The zero-order valence-corrected chi connectivity index (χ0v) is 24.4. The lowest BCUT2D eigenvalue weighted by atomic mass is 9.95. The number of carbonyl (C=O) groups is 3. The van der Waals surface area contributed by atoms with Gasteiger partial charge in [-0.1, -0.05) is 17.7 Å². The van der Waals surface area contributed by atoms with Crippen molar-refractivity contribution >= 4 is 23.3 Å². The van der Waals surface area contributed by atoms with Crippen LogP contribution in [0.25, 0.3) is 0 Å². The van der Waals surface area contributed by atoms with Gasteiger partial charge in [-0.3, -0.25) is 19.4 Å². The molecule has 2 aliphatic rings. The first-order valence-corrected chi connectivity index (χ1v) is 14.3. The zero-order chi connectivity index (χ0) is 29.1. The van der Waals surface area contributed by atoms with Gasteiger partial charge in [-0.25, -0.2) is 0 Å². The van der Waals surface area contributed by atoms with E-state index in [0.717, 1.165) is 54.0 Å². The molecular weight excluding hydrogens is 518 g/mol. The van der Waals surface area contributed by atoms with Gasteiger partial charge in [0.05, 0.1) is 12.6 Å². The van der Waals surface area contributed by atoms with Crippen LogP contribution in [0.3, 0.4) is 0 Å². The third-order valence-electron chi connectivity index (χ3n) is 8.46. The van der Waals surface area contributed by atoms with Gasteiger partial charge in [-0.2, -0.15) is 0 Å². The number of hydrogen-bond donors (Lipinski definition) is 0. The normalized spacial score (nSPS) is 17.3. The predicted octanol–water partition coefficient (Wildman–Crippen LogP) is 3.72. The summed E-state index contributed by atoms with van der Waals surface area (Å²) >= 11 is 0. The highest BCUT2D eigenvalue weighted by Gasteiger charge is 2.36. The number of aromatic nitrogens is 2. The third kappa shape index (κ3) is 6.05. The molecule has 41 heavy (non-hydrogen) atoms. The molecule has 0 bridgehead atoms. The summed E-state index contributed by atoms with van der Waals surface area (Å²) in [6.45, 7) is 8.51. The molecule has 4 heterocycles. The third-order valence-corrected chi connectivity index (χ3v) is 8.46. The van der Waals surface area contributed by atoms with Crippen LogP contribution in [0.5, 0.6) is 0 Å². The summed E-state index contributed by atoms with van der Waals surface area (Å²) in [6.07, 6.45) is 7.32. The van der Waals surface area contributed by atoms with Crippen LogP contribution in [0.1, 0.15) is 51.6 Å². The summed E-state index contributed by atoms with van der Waals surface area (Å²) in [5.74, 6) is -1.12. The van der Waals surface area contributed by atoms with Crippen molar-refractivity contribution < 1.29 is 19.1 Å². The van der Waals surface area contributed by atoms with Crippen molar-refractivity contribution in [3.05, 3.63) is 82.9 Å². The van der Waals surface area contributed by atoms with E-state index in [-0.39, 0.29) is 25.2 Å². The molecule has 9 heteroatoms. The lowest BCUT2D eigenvalue weighted by Gasteiger charge is -2.38. The van der Waals surface area contributed by atoms with Crippen molar-refractivity contribution in [1.29, 1.82) is 0 Å². The highest BCUT2D eigenvalue weighted by atomic mass is 16.5. The Bertz CT molecular complexity index is 1390. The monoisotopic (exact) mass is 557 g/mol. The predicted molar refractivity (Wildman–Crippen MR) is 157 cm³/mol. The number of Topliss-reactive ketones (excluding diaryl/α,β-unsaturated/α-hetero) is 1. The Morgan fingerprint density at radius 3 is 2.34 bits per heavy atom. The molecule has 0 radical (unpaired) electrons. The first-order valence-electron chi connectivity index (χ1n) is 14.3. The number of piperidine rings is 1. The van der Waals surface area contributed by atoms with E-state index < -0.39 is 17.7 Å². The molecule has 0 N–H and O–H groups in total. The maximum atomic E-state index is 13.6. The average molecular weight is 558 g/mol. The van der Waals surface area contributed by atoms with Gasteiger partial charge in [0.15, 0.2) is 0 Å². The number of hydrogen-bond acceptors (Lipinski definition) is 6. The fourth-order valence-electron chi connectivity index (χ4n) is 6.29. The first-order chi connectivity index (χ1) is 19.7. The number of aryl methyl sites for hydroxylation is 3. The smallest absolute Gasteiger partial charge is 0.295 e. The molecule has 2 aromatic heterocycles. The summed E-state index contributed by atoms with van der Waals surface area (Å²) in [5, 5.41) is 0. The van der Waals surface area contributed by atoms with Gasteiger partial charge in [-0.15, -0.1) is 0 Å². The fraction of sp³-hybridized carbons (Fsp3) is 0.438. The van der Waals surface area contributed by atoms with Gasteiger partial charge in [0.25, 0.3) is 11.7 Å². The standard InChI is InChI=1S/C32H39N5O4/c1-22-18-23(2)30(24(3)19-22)31(39)32(40)37-17-16-36-13-5-6-27(36)28(37)20-41-21-29(38)34(4)25-9-14-35(15-10-25)26-7-11-33-12-8-26/h5-8,11-13,18-19,25,28H,9-10,14-17,20-21H2,1-4H3. The van der Waals surface area contributed by atoms with Crippen LogP contribution in [0.2, 0.25) is 0 Å². The van der Waals surface area contributed by atoms with Crippen LogP contribution in [0.4, 0.5) is 5.69 Å². The minimum atomic E-state index is -0.537. The molecule has 1 atom stereocenters. The van der Waals surface area contributed by atoms with Crippen LogP contribution in [0, 0.1) is 20.8 Å². The molecule has 9 nitrogen and oxygen atoms in total. The molecule has 1 fully saturated rings. The summed E-state index contributed by atoms with van der Waals surface area (Å²) < 4.78 is 8.04. The number of pyridine rings is 1. The molecule has 2 amide bonds. The Kier molecular flexibility index (Phi) is 8.54. The van der Waals surface area contributed by atoms with Crippen molar-refractivity contribution in [2.24, 2.45) is 0 Å². The number of amides is 2. The van der Waals surface area contributed by atoms with Crippen LogP contribution in [-0.2, 0) is 20.9 Å². The Balaban J connectivity index is 1.21.